The van der Waals surface area contributed by atoms with Crippen LogP contribution in [-0.4, -0.2) is 26.4 Å². The molecular formula is C15H13FN4OS2. The summed E-state index contributed by atoms with van der Waals surface area (Å²) in [5.74, 6) is 0.146. The quantitative estimate of drug-likeness (QED) is 0.718. The van der Waals surface area contributed by atoms with E-state index in [-0.39, 0.29) is 17.3 Å². The van der Waals surface area contributed by atoms with Crippen molar-refractivity contribution in [2.45, 2.75) is 5.16 Å². The van der Waals surface area contributed by atoms with Crippen molar-refractivity contribution in [1.29, 1.82) is 0 Å². The van der Waals surface area contributed by atoms with E-state index in [1.807, 2.05) is 29.1 Å². The van der Waals surface area contributed by atoms with E-state index in [4.69, 9.17) is 0 Å². The van der Waals surface area contributed by atoms with Crippen molar-refractivity contribution in [2.75, 3.05) is 11.1 Å². The molecule has 2 aromatic heterocycles. The zero-order valence-electron chi connectivity index (χ0n) is 12.2. The maximum atomic E-state index is 13.5. The molecule has 23 heavy (non-hydrogen) atoms. The first-order chi connectivity index (χ1) is 11.1. The Morgan fingerprint density at radius 2 is 2.13 bits per heavy atom. The predicted octanol–water partition coefficient (Wildman–Crippen LogP) is 3.41. The molecule has 2 heterocycles. The number of hydrogen-bond donors (Lipinski definition) is 1. The Kier molecular flexibility index (Phi) is 4.73. The van der Waals surface area contributed by atoms with E-state index >= 15 is 0 Å². The third kappa shape index (κ3) is 3.59. The highest BCUT2D eigenvalue weighted by Crippen LogP contribution is 2.26. The molecule has 0 unspecified atom stereocenters. The number of anilines is 1. The van der Waals surface area contributed by atoms with Gasteiger partial charge >= 0.3 is 0 Å². The van der Waals surface area contributed by atoms with Crippen LogP contribution in [0.4, 0.5) is 10.1 Å². The molecule has 1 N–H and O–H groups in total. The van der Waals surface area contributed by atoms with Crippen molar-refractivity contribution >= 4 is 34.7 Å². The molecule has 8 heteroatoms. The highest BCUT2D eigenvalue weighted by molar-refractivity contribution is 7.99. The summed E-state index contributed by atoms with van der Waals surface area (Å²) >= 11 is 2.84. The Morgan fingerprint density at radius 3 is 2.87 bits per heavy atom. The van der Waals surface area contributed by atoms with Crippen LogP contribution >= 0.6 is 23.1 Å². The Bertz CT molecular complexity index is 817. The van der Waals surface area contributed by atoms with Crippen molar-refractivity contribution in [3.63, 3.8) is 0 Å². The van der Waals surface area contributed by atoms with Crippen LogP contribution in [0.5, 0.6) is 0 Å². The zero-order valence-corrected chi connectivity index (χ0v) is 13.8. The van der Waals surface area contributed by atoms with Crippen molar-refractivity contribution in [1.82, 2.24) is 14.8 Å². The van der Waals surface area contributed by atoms with Crippen LogP contribution in [0.15, 0.2) is 46.9 Å². The SMILES string of the molecule is Cn1c(SCC(=O)Nc2ccccc2F)nnc1-c1cccs1. The molecule has 0 saturated carbocycles. The van der Waals surface area contributed by atoms with E-state index in [1.54, 1.807) is 23.5 Å². The van der Waals surface area contributed by atoms with Gasteiger partial charge in [-0.05, 0) is 23.6 Å². The molecule has 0 fully saturated rings. The van der Waals surface area contributed by atoms with Crippen LogP contribution in [0.25, 0.3) is 10.7 Å². The summed E-state index contributed by atoms with van der Waals surface area (Å²) in [6.45, 7) is 0. The fraction of sp³-hybridized carbons (Fsp3) is 0.133. The van der Waals surface area contributed by atoms with Crippen LogP contribution in [0.2, 0.25) is 0 Å². The van der Waals surface area contributed by atoms with Crippen LogP contribution in [0.3, 0.4) is 0 Å². The summed E-state index contributed by atoms with van der Waals surface area (Å²) in [4.78, 5) is 12.9. The number of nitrogens with zero attached hydrogens (tertiary/aromatic N) is 3. The minimum absolute atomic E-state index is 0.130. The number of amides is 1. The number of thiophene rings is 1. The molecular weight excluding hydrogens is 335 g/mol. The molecule has 3 aromatic rings. The number of carbonyl (C=O) groups excluding carboxylic acids is 1. The first-order valence-electron chi connectivity index (χ1n) is 6.75. The van der Waals surface area contributed by atoms with E-state index in [0.717, 1.165) is 10.7 Å². The van der Waals surface area contributed by atoms with Crippen LogP contribution < -0.4 is 5.32 Å². The number of nitrogens with one attached hydrogen (secondary N) is 1. The minimum atomic E-state index is -0.454. The molecule has 0 saturated heterocycles. The van der Waals surface area contributed by atoms with Crippen molar-refractivity contribution in [2.24, 2.45) is 7.05 Å². The lowest BCUT2D eigenvalue weighted by atomic mass is 10.3. The summed E-state index contributed by atoms with van der Waals surface area (Å²) in [5.41, 5.74) is 0.176. The van der Waals surface area contributed by atoms with Gasteiger partial charge in [-0.1, -0.05) is 30.0 Å². The average Bonchev–Trinajstić information content (AvgIpc) is 3.17. The van der Waals surface area contributed by atoms with Crippen LogP contribution in [0.1, 0.15) is 0 Å². The summed E-state index contributed by atoms with van der Waals surface area (Å²) in [6, 6.07) is 9.98. The van der Waals surface area contributed by atoms with Gasteiger partial charge in [-0.15, -0.1) is 21.5 Å². The first-order valence-corrected chi connectivity index (χ1v) is 8.62. The Balaban J connectivity index is 1.63. The van der Waals surface area contributed by atoms with E-state index in [0.29, 0.717) is 5.16 Å². The molecule has 1 amide bonds. The second-order valence-electron chi connectivity index (χ2n) is 4.66. The Morgan fingerprint density at radius 1 is 1.30 bits per heavy atom. The summed E-state index contributed by atoms with van der Waals surface area (Å²) in [5, 5.41) is 13.4. The lowest BCUT2D eigenvalue weighted by Gasteiger charge is -2.06. The van der Waals surface area contributed by atoms with Crippen molar-refractivity contribution in [3.05, 3.63) is 47.6 Å². The van der Waals surface area contributed by atoms with Gasteiger partial charge in [0.2, 0.25) is 5.91 Å². The van der Waals surface area contributed by atoms with Gasteiger partial charge in [-0.3, -0.25) is 4.79 Å². The minimum Gasteiger partial charge on any atom is -0.323 e. The maximum absolute atomic E-state index is 13.5. The van der Waals surface area contributed by atoms with Gasteiger partial charge < -0.3 is 9.88 Å². The molecule has 118 valence electrons. The largest absolute Gasteiger partial charge is 0.323 e. The maximum Gasteiger partial charge on any atom is 0.234 e. The number of halogens is 1. The molecule has 0 spiro atoms. The van der Waals surface area contributed by atoms with Gasteiger partial charge in [-0.2, -0.15) is 0 Å². The van der Waals surface area contributed by atoms with Crippen LogP contribution in [0, 0.1) is 5.82 Å². The zero-order chi connectivity index (χ0) is 16.2. The predicted molar refractivity (Wildman–Crippen MR) is 90.1 cm³/mol. The number of thioether (sulfide) groups is 1. The monoisotopic (exact) mass is 348 g/mol. The van der Waals surface area contributed by atoms with Gasteiger partial charge in [0.25, 0.3) is 0 Å². The number of aromatic nitrogens is 3. The van der Waals surface area contributed by atoms with E-state index in [2.05, 4.69) is 15.5 Å². The van der Waals surface area contributed by atoms with Gasteiger partial charge in [0.05, 0.1) is 16.3 Å². The Hall–Kier alpha value is -2.19. The summed E-state index contributed by atoms with van der Waals surface area (Å²) in [6.07, 6.45) is 0. The molecule has 0 aliphatic carbocycles. The van der Waals surface area contributed by atoms with Gasteiger partial charge in [0, 0.05) is 7.05 Å². The lowest BCUT2D eigenvalue weighted by Crippen LogP contribution is -2.15. The lowest BCUT2D eigenvalue weighted by molar-refractivity contribution is -0.113. The normalized spacial score (nSPS) is 10.7. The van der Waals surface area contributed by atoms with Gasteiger partial charge in [0.1, 0.15) is 5.82 Å². The van der Waals surface area contributed by atoms with Crippen LogP contribution in [-0.2, 0) is 11.8 Å². The summed E-state index contributed by atoms with van der Waals surface area (Å²) < 4.78 is 15.3. The molecule has 0 aliphatic heterocycles. The second kappa shape index (κ2) is 6.93. The molecule has 1 aromatic carbocycles. The third-order valence-electron chi connectivity index (χ3n) is 3.06. The highest BCUT2D eigenvalue weighted by Gasteiger charge is 2.14. The number of rotatable bonds is 5. The standard InChI is InChI=1S/C15H13FN4OS2/c1-20-14(12-7-4-8-22-12)18-19-15(20)23-9-13(21)17-11-6-3-2-5-10(11)16/h2-8H,9H2,1H3,(H,17,21). The Labute approximate surface area is 140 Å². The topological polar surface area (TPSA) is 59.8 Å². The summed E-state index contributed by atoms with van der Waals surface area (Å²) in [7, 11) is 1.85. The van der Waals surface area contributed by atoms with Gasteiger partial charge in [0.15, 0.2) is 11.0 Å². The molecule has 0 aliphatic rings. The first kappa shape index (κ1) is 15.7. The molecule has 0 radical (unpaired) electrons. The van der Waals surface area contributed by atoms with E-state index < -0.39 is 5.82 Å². The average molecular weight is 348 g/mol. The second-order valence-corrected chi connectivity index (χ2v) is 6.55. The van der Waals surface area contributed by atoms with Crippen molar-refractivity contribution < 1.29 is 9.18 Å². The molecule has 0 atom stereocenters. The fourth-order valence-electron chi connectivity index (χ4n) is 1.94. The number of benzene rings is 1. The smallest absolute Gasteiger partial charge is 0.234 e. The number of para-hydroxylation sites is 1. The third-order valence-corrected chi connectivity index (χ3v) is 4.94. The number of hydrogen-bond acceptors (Lipinski definition) is 5. The van der Waals surface area contributed by atoms with E-state index in [9.17, 15) is 9.18 Å². The molecule has 3 rings (SSSR count). The van der Waals surface area contributed by atoms with Crippen molar-refractivity contribution in [3.8, 4) is 10.7 Å². The molecule has 5 nitrogen and oxygen atoms in total. The molecule has 0 bridgehead atoms. The fourth-order valence-corrected chi connectivity index (χ4v) is 3.39. The highest BCUT2D eigenvalue weighted by atomic mass is 32.2. The number of carbonyl (C=O) groups is 1. The van der Waals surface area contributed by atoms with Gasteiger partial charge in [-0.25, -0.2) is 4.39 Å². The van der Waals surface area contributed by atoms with E-state index in [1.165, 1.54) is 23.9 Å².